The summed E-state index contributed by atoms with van der Waals surface area (Å²) >= 11 is 11.8. The van der Waals surface area contributed by atoms with Crippen molar-refractivity contribution < 1.29 is 4.84 Å². The Bertz CT molecular complexity index is 588. The molecule has 1 aromatic carbocycles. The minimum atomic E-state index is -0.730. The van der Waals surface area contributed by atoms with Crippen molar-refractivity contribution in [2.45, 2.75) is 26.1 Å². The zero-order chi connectivity index (χ0) is 14.9. The molecule has 1 heterocycles. The molecule has 0 saturated heterocycles. The highest BCUT2D eigenvalue weighted by atomic mass is 35.5. The lowest BCUT2D eigenvalue weighted by Crippen LogP contribution is -2.53. The van der Waals surface area contributed by atoms with Gasteiger partial charge >= 0.3 is 0 Å². The fourth-order valence-corrected chi connectivity index (χ4v) is 2.11. The highest BCUT2D eigenvalue weighted by molar-refractivity contribution is 6.42. The highest BCUT2D eigenvalue weighted by Gasteiger charge is 2.33. The van der Waals surface area contributed by atoms with E-state index < -0.39 is 5.66 Å². The number of nitrogens with zero attached hydrogens (tertiary/aromatic N) is 3. The molecular weight excluding hydrogens is 337 g/mol. The summed E-state index contributed by atoms with van der Waals surface area (Å²) in [5.41, 5.74) is 11.5. The molecule has 0 aromatic heterocycles. The molecule has 1 aliphatic rings. The number of hydrogen-bond donors (Lipinski definition) is 2. The van der Waals surface area contributed by atoms with Crippen molar-refractivity contribution in [1.29, 1.82) is 0 Å². The molecule has 9 heteroatoms. The molecule has 6 nitrogen and oxygen atoms in total. The Balaban J connectivity index is 0.00000220. The summed E-state index contributed by atoms with van der Waals surface area (Å²) < 4.78 is 0. The van der Waals surface area contributed by atoms with Gasteiger partial charge in [0.25, 0.3) is 0 Å². The number of guanidine groups is 2. The minimum Gasteiger partial charge on any atom is -0.368 e. The number of halogens is 3. The number of nitrogens with two attached hydrogens (primary N) is 2. The standard InChI is InChI=1S/C12H15Cl2N5O.ClH/c1-12(2)18-10(15)17-11(16)19(12)20-6-7-3-4-8(13)9(14)5-7;/h3-5H,6H2,1-2H3,(H4,15,16,17,18);1H. The number of rotatable bonds is 3. The second kappa shape index (κ2) is 6.70. The van der Waals surface area contributed by atoms with E-state index in [-0.39, 0.29) is 30.9 Å². The maximum atomic E-state index is 5.95. The summed E-state index contributed by atoms with van der Waals surface area (Å²) in [6.07, 6.45) is 0. The molecule has 0 unspecified atom stereocenters. The van der Waals surface area contributed by atoms with E-state index in [1.807, 2.05) is 19.9 Å². The summed E-state index contributed by atoms with van der Waals surface area (Å²) in [7, 11) is 0. The van der Waals surface area contributed by atoms with E-state index in [0.29, 0.717) is 10.0 Å². The quantitative estimate of drug-likeness (QED) is 0.874. The Morgan fingerprint density at radius 2 is 1.90 bits per heavy atom. The molecule has 4 N–H and O–H groups in total. The summed E-state index contributed by atoms with van der Waals surface area (Å²) in [5, 5.41) is 2.37. The van der Waals surface area contributed by atoms with Gasteiger partial charge in [-0.2, -0.15) is 10.1 Å². The predicted molar refractivity (Wildman–Crippen MR) is 87.7 cm³/mol. The van der Waals surface area contributed by atoms with Gasteiger partial charge < -0.3 is 11.5 Å². The third kappa shape index (κ3) is 4.14. The fourth-order valence-electron chi connectivity index (χ4n) is 1.79. The van der Waals surface area contributed by atoms with Gasteiger partial charge in [-0.05, 0) is 31.5 Å². The minimum absolute atomic E-state index is 0. The molecule has 1 aliphatic heterocycles. The third-order valence-corrected chi connectivity index (χ3v) is 3.41. The van der Waals surface area contributed by atoms with Crippen LogP contribution in [0.5, 0.6) is 0 Å². The lowest BCUT2D eigenvalue weighted by molar-refractivity contribution is -0.166. The van der Waals surface area contributed by atoms with E-state index in [1.165, 1.54) is 5.06 Å². The Hall–Kier alpha value is -1.21. The monoisotopic (exact) mass is 351 g/mol. The molecule has 116 valence electrons. The molecule has 21 heavy (non-hydrogen) atoms. The SMILES string of the molecule is CC1(C)N=C(N)N=C(N)N1OCc1ccc(Cl)c(Cl)c1.Cl. The Morgan fingerprint density at radius 1 is 1.24 bits per heavy atom. The maximum Gasteiger partial charge on any atom is 0.226 e. The number of hydrogen-bond acceptors (Lipinski definition) is 6. The van der Waals surface area contributed by atoms with Crippen LogP contribution in [0.15, 0.2) is 28.2 Å². The van der Waals surface area contributed by atoms with E-state index in [4.69, 9.17) is 39.5 Å². The summed E-state index contributed by atoms with van der Waals surface area (Å²) in [6, 6.07) is 5.25. The average molecular weight is 353 g/mol. The van der Waals surface area contributed by atoms with E-state index in [0.717, 1.165) is 5.56 Å². The van der Waals surface area contributed by atoms with Crippen LogP contribution in [0.3, 0.4) is 0 Å². The van der Waals surface area contributed by atoms with Crippen LogP contribution in [0.2, 0.25) is 10.0 Å². The van der Waals surface area contributed by atoms with E-state index in [9.17, 15) is 0 Å². The van der Waals surface area contributed by atoms with Crippen molar-refractivity contribution in [2.24, 2.45) is 21.5 Å². The molecule has 0 spiro atoms. The molecule has 0 radical (unpaired) electrons. The van der Waals surface area contributed by atoms with Crippen molar-refractivity contribution in [3.8, 4) is 0 Å². The van der Waals surface area contributed by atoms with E-state index >= 15 is 0 Å². The van der Waals surface area contributed by atoms with E-state index in [1.54, 1.807) is 12.1 Å². The van der Waals surface area contributed by atoms with Crippen LogP contribution in [0.25, 0.3) is 0 Å². The van der Waals surface area contributed by atoms with Gasteiger partial charge in [-0.15, -0.1) is 12.4 Å². The second-order valence-electron chi connectivity index (χ2n) is 4.75. The van der Waals surface area contributed by atoms with Crippen LogP contribution in [-0.4, -0.2) is 22.6 Å². The van der Waals surface area contributed by atoms with Gasteiger partial charge in [-0.25, -0.2) is 4.99 Å². The zero-order valence-corrected chi connectivity index (χ0v) is 13.8. The molecule has 0 amide bonds. The second-order valence-corrected chi connectivity index (χ2v) is 5.57. The van der Waals surface area contributed by atoms with Gasteiger partial charge in [0.05, 0.1) is 10.0 Å². The Labute approximate surface area is 139 Å². The lowest BCUT2D eigenvalue weighted by atomic mass is 10.2. The van der Waals surface area contributed by atoms with Gasteiger partial charge in [0, 0.05) is 0 Å². The van der Waals surface area contributed by atoms with Crippen LogP contribution in [-0.2, 0) is 11.4 Å². The maximum absolute atomic E-state index is 5.95. The van der Waals surface area contributed by atoms with Crippen LogP contribution in [0, 0.1) is 0 Å². The first-order chi connectivity index (χ1) is 9.29. The summed E-state index contributed by atoms with van der Waals surface area (Å²) in [4.78, 5) is 13.7. The highest BCUT2D eigenvalue weighted by Crippen LogP contribution is 2.24. The normalized spacial score (nSPS) is 16.9. The van der Waals surface area contributed by atoms with Crippen molar-refractivity contribution in [1.82, 2.24) is 5.06 Å². The number of benzene rings is 1. The van der Waals surface area contributed by atoms with Crippen LogP contribution in [0.1, 0.15) is 19.4 Å². The molecule has 1 aromatic rings. The molecule has 0 aliphatic carbocycles. The van der Waals surface area contributed by atoms with Crippen molar-refractivity contribution in [3.05, 3.63) is 33.8 Å². The van der Waals surface area contributed by atoms with Gasteiger partial charge in [-0.3, -0.25) is 4.84 Å². The molecule has 2 rings (SSSR count). The first-order valence-corrected chi connectivity index (χ1v) is 6.62. The Morgan fingerprint density at radius 3 is 2.48 bits per heavy atom. The summed E-state index contributed by atoms with van der Waals surface area (Å²) in [5.74, 6) is 0.282. The lowest BCUT2D eigenvalue weighted by Gasteiger charge is -2.36. The van der Waals surface area contributed by atoms with E-state index in [2.05, 4.69) is 9.98 Å². The summed E-state index contributed by atoms with van der Waals surface area (Å²) in [6.45, 7) is 3.89. The number of hydroxylamine groups is 2. The number of aliphatic imine (C=N–C) groups is 2. The third-order valence-electron chi connectivity index (χ3n) is 2.67. The Kier molecular flexibility index (Phi) is 5.69. The molecule has 0 saturated carbocycles. The smallest absolute Gasteiger partial charge is 0.226 e. The van der Waals surface area contributed by atoms with Crippen LogP contribution >= 0.6 is 35.6 Å². The predicted octanol–water partition coefficient (Wildman–Crippen LogP) is 2.53. The van der Waals surface area contributed by atoms with Crippen LogP contribution in [0.4, 0.5) is 0 Å². The molecule has 0 atom stereocenters. The van der Waals surface area contributed by atoms with Gasteiger partial charge in [0.2, 0.25) is 11.9 Å². The van der Waals surface area contributed by atoms with Gasteiger partial charge in [0.1, 0.15) is 6.61 Å². The molecular formula is C12H16Cl3N5O. The van der Waals surface area contributed by atoms with Gasteiger partial charge in [-0.1, -0.05) is 29.3 Å². The van der Waals surface area contributed by atoms with Crippen molar-refractivity contribution in [3.63, 3.8) is 0 Å². The zero-order valence-electron chi connectivity index (χ0n) is 11.5. The largest absolute Gasteiger partial charge is 0.368 e. The first kappa shape index (κ1) is 17.8. The fraction of sp³-hybridized carbons (Fsp3) is 0.333. The topological polar surface area (TPSA) is 89.2 Å². The molecule has 0 fully saturated rings. The first-order valence-electron chi connectivity index (χ1n) is 5.86. The van der Waals surface area contributed by atoms with Crippen LogP contribution < -0.4 is 11.5 Å². The van der Waals surface area contributed by atoms with Crippen molar-refractivity contribution >= 4 is 47.5 Å². The van der Waals surface area contributed by atoms with Gasteiger partial charge in [0.15, 0.2) is 5.66 Å². The molecule has 0 bridgehead atoms. The average Bonchev–Trinajstić information content (AvgIpc) is 2.31. The van der Waals surface area contributed by atoms with Crippen molar-refractivity contribution in [2.75, 3.05) is 0 Å².